The Balaban J connectivity index is 2.33. The van der Waals surface area contributed by atoms with E-state index in [0.29, 0.717) is 0 Å². The fourth-order valence-electron chi connectivity index (χ4n) is 1.50. The van der Waals surface area contributed by atoms with Gasteiger partial charge in [0.05, 0.1) is 6.10 Å². The van der Waals surface area contributed by atoms with Crippen LogP contribution in [0.3, 0.4) is 0 Å². The molecule has 0 spiro atoms. The van der Waals surface area contributed by atoms with Crippen LogP contribution in [0.5, 0.6) is 0 Å². The zero-order chi connectivity index (χ0) is 10.6. The highest BCUT2D eigenvalue weighted by Crippen LogP contribution is 2.06. The summed E-state index contributed by atoms with van der Waals surface area (Å²) in [6, 6.07) is 0. The van der Waals surface area contributed by atoms with Crippen molar-refractivity contribution < 1.29 is 9.53 Å². The van der Waals surface area contributed by atoms with Crippen LogP contribution in [0.25, 0.3) is 0 Å². The summed E-state index contributed by atoms with van der Waals surface area (Å²) in [7, 11) is 0. The second-order valence-electron chi connectivity index (χ2n) is 3.57. The summed E-state index contributed by atoms with van der Waals surface area (Å²) >= 11 is 0. The maximum atomic E-state index is 11.8. The monoisotopic (exact) mass is 200 g/mol. The van der Waals surface area contributed by atoms with Crippen molar-refractivity contribution in [3.63, 3.8) is 0 Å². The zero-order valence-corrected chi connectivity index (χ0v) is 9.25. The summed E-state index contributed by atoms with van der Waals surface area (Å²) < 4.78 is 5.58. The van der Waals surface area contributed by atoms with Gasteiger partial charge in [-0.2, -0.15) is 0 Å². The Hall–Kier alpha value is -0.610. The van der Waals surface area contributed by atoms with E-state index < -0.39 is 0 Å². The smallest absolute Gasteiger partial charge is 0.251 e. The summed E-state index contributed by atoms with van der Waals surface area (Å²) in [5, 5.41) is 3.11. The molecule has 1 aliphatic rings. The Kier molecular flexibility index (Phi) is 4.35. The molecule has 1 saturated heterocycles. The quantitative estimate of drug-likeness (QED) is 0.691. The maximum Gasteiger partial charge on any atom is 0.251 e. The number of amides is 1. The number of rotatable bonds is 5. The Morgan fingerprint density at radius 1 is 1.50 bits per heavy atom. The van der Waals surface area contributed by atoms with E-state index in [1.54, 1.807) is 4.90 Å². The first kappa shape index (κ1) is 11.5. The lowest BCUT2D eigenvalue weighted by Gasteiger charge is -2.31. The van der Waals surface area contributed by atoms with Crippen LogP contribution in [-0.4, -0.2) is 49.2 Å². The van der Waals surface area contributed by atoms with Gasteiger partial charge in [0.2, 0.25) is 0 Å². The number of nitrogens with one attached hydrogen (secondary N) is 1. The molecule has 0 aromatic carbocycles. The van der Waals surface area contributed by atoms with Gasteiger partial charge in [-0.15, -0.1) is 0 Å². The van der Waals surface area contributed by atoms with Crippen molar-refractivity contribution >= 4 is 5.91 Å². The van der Waals surface area contributed by atoms with Crippen LogP contribution in [0.4, 0.5) is 0 Å². The van der Waals surface area contributed by atoms with Gasteiger partial charge in [0.15, 0.2) is 0 Å². The first-order valence-corrected chi connectivity index (χ1v) is 5.34. The van der Waals surface area contributed by atoms with E-state index in [9.17, 15) is 4.79 Å². The molecule has 0 aromatic rings. The van der Waals surface area contributed by atoms with Gasteiger partial charge in [-0.1, -0.05) is 0 Å². The van der Waals surface area contributed by atoms with Crippen LogP contribution >= 0.6 is 0 Å². The fourth-order valence-corrected chi connectivity index (χ4v) is 1.50. The molecule has 1 unspecified atom stereocenters. The first-order chi connectivity index (χ1) is 6.69. The van der Waals surface area contributed by atoms with Crippen molar-refractivity contribution in [2.75, 3.05) is 26.2 Å². The molecule has 0 radical (unpaired) electrons. The molecule has 0 bridgehead atoms. The van der Waals surface area contributed by atoms with Crippen LogP contribution in [0.2, 0.25) is 0 Å². The predicted octanol–water partition coefficient (Wildman–Crippen LogP) is 0.232. The van der Waals surface area contributed by atoms with Crippen molar-refractivity contribution in [2.24, 2.45) is 0 Å². The molecule has 4 nitrogen and oxygen atoms in total. The zero-order valence-electron chi connectivity index (χ0n) is 9.25. The molecule has 1 atom stereocenters. The molecule has 82 valence electrons. The molecule has 0 saturated carbocycles. The molecule has 1 N–H and O–H groups in total. The number of ether oxygens (including phenoxy) is 1. The SMILES string of the molecule is CCN(CC)C(=O)C(C)OC1CNC1. The number of hydrogen-bond donors (Lipinski definition) is 1. The topological polar surface area (TPSA) is 41.6 Å². The minimum atomic E-state index is -0.304. The lowest BCUT2D eigenvalue weighted by Crippen LogP contribution is -2.52. The molecule has 1 aliphatic heterocycles. The number of likely N-dealkylation sites (N-methyl/N-ethyl adjacent to an activating group) is 1. The Morgan fingerprint density at radius 3 is 2.43 bits per heavy atom. The molecule has 4 heteroatoms. The third kappa shape index (κ3) is 2.69. The van der Waals surface area contributed by atoms with Gasteiger partial charge in [-0.05, 0) is 20.8 Å². The minimum Gasteiger partial charge on any atom is -0.363 e. The van der Waals surface area contributed by atoms with Crippen molar-refractivity contribution in [1.82, 2.24) is 10.2 Å². The van der Waals surface area contributed by atoms with Gasteiger partial charge >= 0.3 is 0 Å². The van der Waals surface area contributed by atoms with Crippen molar-refractivity contribution in [3.05, 3.63) is 0 Å². The average molecular weight is 200 g/mol. The standard InChI is InChI=1S/C10H20N2O2/c1-4-12(5-2)10(13)8(3)14-9-6-11-7-9/h8-9,11H,4-7H2,1-3H3. The summed E-state index contributed by atoms with van der Waals surface area (Å²) in [6.07, 6.45) is -0.0773. The molecule has 1 rings (SSSR count). The van der Waals surface area contributed by atoms with Crippen LogP contribution in [0.15, 0.2) is 0 Å². The van der Waals surface area contributed by atoms with E-state index in [2.05, 4.69) is 5.32 Å². The number of hydrogen-bond acceptors (Lipinski definition) is 3. The number of carbonyl (C=O) groups is 1. The van der Waals surface area contributed by atoms with Gasteiger partial charge in [-0.3, -0.25) is 4.79 Å². The molecule has 1 fully saturated rings. The first-order valence-electron chi connectivity index (χ1n) is 5.34. The van der Waals surface area contributed by atoms with Gasteiger partial charge in [0, 0.05) is 26.2 Å². The van der Waals surface area contributed by atoms with E-state index in [4.69, 9.17) is 4.74 Å². The van der Waals surface area contributed by atoms with Crippen LogP contribution in [0, 0.1) is 0 Å². The second-order valence-corrected chi connectivity index (χ2v) is 3.57. The Labute approximate surface area is 85.6 Å². The molecule has 0 aliphatic carbocycles. The van der Waals surface area contributed by atoms with Gasteiger partial charge in [0.1, 0.15) is 6.10 Å². The molecular weight excluding hydrogens is 180 g/mol. The van der Waals surface area contributed by atoms with E-state index in [0.717, 1.165) is 26.2 Å². The minimum absolute atomic E-state index is 0.0990. The second kappa shape index (κ2) is 5.32. The normalized spacial score (nSPS) is 18.8. The summed E-state index contributed by atoms with van der Waals surface area (Å²) in [5.41, 5.74) is 0. The highest BCUT2D eigenvalue weighted by molar-refractivity contribution is 5.80. The van der Waals surface area contributed by atoms with E-state index in [1.165, 1.54) is 0 Å². The molecule has 1 heterocycles. The Bertz CT molecular complexity index is 189. The van der Waals surface area contributed by atoms with Crippen molar-refractivity contribution in [3.8, 4) is 0 Å². The van der Waals surface area contributed by atoms with Gasteiger partial charge in [0.25, 0.3) is 5.91 Å². The fraction of sp³-hybridized carbons (Fsp3) is 0.900. The lowest BCUT2D eigenvalue weighted by atomic mass is 10.2. The maximum absolute atomic E-state index is 11.8. The highest BCUT2D eigenvalue weighted by atomic mass is 16.5. The van der Waals surface area contributed by atoms with Crippen LogP contribution in [-0.2, 0) is 9.53 Å². The number of carbonyl (C=O) groups excluding carboxylic acids is 1. The van der Waals surface area contributed by atoms with Crippen LogP contribution in [0.1, 0.15) is 20.8 Å². The van der Waals surface area contributed by atoms with E-state index in [1.807, 2.05) is 20.8 Å². The lowest BCUT2D eigenvalue weighted by molar-refractivity contribution is -0.147. The Morgan fingerprint density at radius 2 is 2.07 bits per heavy atom. The predicted molar refractivity (Wildman–Crippen MR) is 55.1 cm³/mol. The molecular formula is C10H20N2O2. The summed E-state index contributed by atoms with van der Waals surface area (Å²) in [4.78, 5) is 13.6. The number of nitrogens with zero attached hydrogens (tertiary/aromatic N) is 1. The summed E-state index contributed by atoms with van der Waals surface area (Å²) in [5.74, 6) is 0.0990. The van der Waals surface area contributed by atoms with E-state index in [-0.39, 0.29) is 18.1 Å². The van der Waals surface area contributed by atoms with E-state index >= 15 is 0 Å². The summed E-state index contributed by atoms with van der Waals surface area (Å²) in [6.45, 7) is 9.06. The van der Waals surface area contributed by atoms with Crippen LogP contribution < -0.4 is 5.32 Å². The van der Waals surface area contributed by atoms with Crippen molar-refractivity contribution in [2.45, 2.75) is 33.0 Å². The third-order valence-electron chi connectivity index (χ3n) is 2.56. The van der Waals surface area contributed by atoms with Crippen molar-refractivity contribution in [1.29, 1.82) is 0 Å². The third-order valence-corrected chi connectivity index (χ3v) is 2.56. The average Bonchev–Trinajstić information content (AvgIpc) is 2.12. The molecule has 1 amide bonds. The molecule has 14 heavy (non-hydrogen) atoms. The molecule has 0 aromatic heterocycles. The van der Waals surface area contributed by atoms with Gasteiger partial charge < -0.3 is 15.0 Å². The highest BCUT2D eigenvalue weighted by Gasteiger charge is 2.25. The van der Waals surface area contributed by atoms with Gasteiger partial charge in [-0.25, -0.2) is 0 Å². The largest absolute Gasteiger partial charge is 0.363 e.